The summed E-state index contributed by atoms with van der Waals surface area (Å²) in [6.07, 6.45) is 1.18. The maximum absolute atomic E-state index is 12.4. The van der Waals surface area contributed by atoms with Crippen LogP contribution < -0.4 is 5.63 Å². The normalized spacial score (nSPS) is 21.0. The first-order valence-electron chi connectivity index (χ1n) is 7.01. The lowest BCUT2D eigenvalue weighted by Crippen LogP contribution is -2.40. The van der Waals surface area contributed by atoms with Gasteiger partial charge in [0.15, 0.2) is 0 Å². The summed E-state index contributed by atoms with van der Waals surface area (Å²) in [4.78, 5) is 25.8. The first kappa shape index (κ1) is 13.8. The summed E-state index contributed by atoms with van der Waals surface area (Å²) in [7, 11) is 1.67. The van der Waals surface area contributed by atoms with Crippen LogP contribution in [0.4, 0.5) is 0 Å². The van der Waals surface area contributed by atoms with Crippen molar-refractivity contribution in [1.82, 2.24) is 4.90 Å². The molecule has 1 heterocycles. The van der Waals surface area contributed by atoms with Crippen molar-refractivity contribution in [3.63, 3.8) is 0 Å². The molecule has 0 saturated heterocycles. The van der Waals surface area contributed by atoms with Gasteiger partial charge in [-0.05, 0) is 30.9 Å². The number of aliphatic hydroxyl groups excluding tert-OH is 1. The Labute approximate surface area is 121 Å². The molecule has 0 radical (unpaired) electrons. The second-order valence-electron chi connectivity index (χ2n) is 5.66. The van der Waals surface area contributed by atoms with Crippen molar-refractivity contribution in [2.45, 2.75) is 18.9 Å². The number of carbonyl (C=O) groups is 1. The van der Waals surface area contributed by atoms with E-state index in [4.69, 9.17) is 4.42 Å². The molecule has 1 aromatic heterocycles. The van der Waals surface area contributed by atoms with Gasteiger partial charge in [-0.25, -0.2) is 4.79 Å². The number of nitrogens with zero attached hydrogens (tertiary/aromatic N) is 1. The first-order chi connectivity index (χ1) is 10.0. The van der Waals surface area contributed by atoms with E-state index in [1.807, 2.05) is 6.07 Å². The third-order valence-electron chi connectivity index (χ3n) is 3.96. The van der Waals surface area contributed by atoms with Crippen LogP contribution in [-0.4, -0.2) is 35.6 Å². The van der Waals surface area contributed by atoms with Gasteiger partial charge in [0, 0.05) is 19.0 Å². The highest BCUT2D eigenvalue weighted by Crippen LogP contribution is 2.27. The van der Waals surface area contributed by atoms with Crippen molar-refractivity contribution in [2.75, 3.05) is 13.6 Å². The molecule has 1 N–H and O–H groups in total. The molecule has 1 aliphatic carbocycles. The Balaban J connectivity index is 1.83. The molecule has 1 fully saturated rings. The molecule has 0 spiro atoms. The van der Waals surface area contributed by atoms with Gasteiger partial charge < -0.3 is 14.4 Å². The summed E-state index contributed by atoms with van der Waals surface area (Å²) >= 11 is 0. The molecular weight excluding hydrogens is 270 g/mol. The van der Waals surface area contributed by atoms with Crippen molar-refractivity contribution >= 4 is 16.9 Å². The van der Waals surface area contributed by atoms with Crippen LogP contribution in [0, 0.1) is 5.92 Å². The van der Waals surface area contributed by atoms with Crippen LogP contribution in [0.25, 0.3) is 11.0 Å². The predicted molar refractivity (Wildman–Crippen MR) is 78.2 cm³/mol. The molecule has 0 aliphatic heterocycles. The van der Waals surface area contributed by atoms with E-state index >= 15 is 0 Å². The zero-order chi connectivity index (χ0) is 15.0. The van der Waals surface area contributed by atoms with E-state index in [9.17, 15) is 14.7 Å². The quantitative estimate of drug-likeness (QED) is 0.871. The van der Waals surface area contributed by atoms with Crippen molar-refractivity contribution < 1.29 is 14.3 Å². The van der Waals surface area contributed by atoms with Crippen molar-refractivity contribution in [2.24, 2.45) is 5.92 Å². The molecule has 1 aliphatic rings. The fraction of sp³-hybridized carbons (Fsp3) is 0.375. The van der Waals surface area contributed by atoms with Gasteiger partial charge in [0.1, 0.15) is 11.1 Å². The summed E-state index contributed by atoms with van der Waals surface area (Å²) < 4.78 is 5.18. The Hall–Kier alpha value is -2.14. The fourth-order valence-electron chi connectivity index (χ4n) is 2.74. The van der Waals surface area contributed by atoms with Gasteiger partial charge in [-0.3, -0.25) is 4.79 Å². The van der Waals surface area contributed by atoms with Crippen LogP contribution in [0.2, 0.25) is 0 Å². The lowest BCUT2D eigenvalue weighted by Gasteiger charge is -2.34. The molecule has 0 unspecified atom stereocenters. The number of fused-ring (bicyclic) bond motifs is 1. The Bertz CT molecular complexity index is 730. The highest BCUT2D eigenvalue weighted by molar-refractivity contribution is 5.96. The highest BCUT2D eigenvalue weighted by atomic mass is 16.4. The van der Waals surface area contributed by atoms with Gasteiger partial charge >= 0.3 is 5.63 Å². The molecule has 1 saturated carbocycles. The lowest BCUT2D eigenvalue weighted by molar-refractivity contribution is 0.0264. The summed E-state index contributed by atoms with van der Waals surface area (Å²) in [6.45, 7) is 0.544. The summed E-state index contributed by atoms with van der Waals surface area (Å²) in [5.41, 5.74) is -0.0842. The van der Waals surface area contributed by atoms with E-state index in [1.54, 1.807) is 31.3 Å². The largest absolute Gasteiger partial charge is 0.422 e. The Morgan fingerprint density at radius 1 is 1.38 bits per heavy atom. The van der Waals surface area contributed by atoms with Gasteiger partial charge in [-0.1, -0.05) is 18.2 Å². The number of benzene rings is 1. The van der Waals surface area contributed by atoms with E-state index in [0.29, 0.717) is 30.9 Å². The minimum Gasteiger partial charge on any atom is -0.422 e. The van der Waals surface area contributed by atoms with Gasteiger partial charge in [0.25, 0.3) is 5.91 Å². The number of aliphatic hydroxyl groups is 1. The Morgan fingerprint density at radius 2 is 2.10 bits per heavy atom. The molecule has 2 aromatic rings. The second-order valence-corrected chi connectivity index (χ2v) is 5.66. The van der Waals surface area contributed by atoms with E-state index in [2.05, 4.69) is 0 Å². The third kappa shape index (κ3) is 2.69. The maximum atomic E-state index is 12.4. The van der Waals surface area contributed by atoms with E-state index in [-0.39, 0.29) is 17.6 Å². The topological polar surface area (TPSA) is 70.8 Å². The molecule has 5 nitrogen and oxygen atoms in total. The second kappa shape index (κ2) is 5.33. The smallest absolute Gasteiger partial charge is 0.349 e. The molecule has 5 heteroatoms. The van der Waals surface area contributed by atoms with Crippen molar-refractivity contribution in [3.05, 3.63) is 46.3 Å². The van der Waals surface area contributed by atoms with E-state index in [1.165, 1.54) is 4.90 Å². The monoisotopic (exact) mass is 287 g/mol. The standard InChI is InChI=1S/C16H17NO4/c1-17(9-10-6-12(18)7-10)15(19)13-8-11-4-2-3-5-14(11)21-16(13)20/h2-5,8,10,12,18H,6-7,9H2,1H3. The SMILES string of the molecule is CN(CC1CC(O)C1)C(=O)c1cc2ccccc2oc1=O. The minimum absolute atomic E-state index is 0.0519. The van der Waals surface area contributed by atoms with E-state index < -0.39 is 5.63 Å². The number of amides is 1. The van der Waals surface area contributed by atoms with Crippen LogP contribution in [0.1, 0.15) is 23.2 Å². The molecular formula is C16H17NO4. The van der Waals surface area contributed by atoms with Crippen molar-refractivity contribution in [1.29, 1.82) is 0 Å². The van der Waals surface area contributed by atoms with Crippen molar-refractivity contribution in [3.8, 4) is 0 Å². The molecule has 1 aromatic carbocycles. The van der Waals surface area contributed by atoms with Gasteiger partial charge in [-0.15, -0.1) is 0 Å². The summed E-state index contributed by atoms with van der Waals surface area (Å²) in [6, 6.07) is 8.69. The molecule has 1 amide bonds. The average Bonchev–Trinajstić information content (AvgIpc) is 2.44. The Morgan fingerprint density at radius 3 is 2.81 bits per heavy atom. The van der Waals surface area contributed by atoms with Crippen LogP contribution in [0.15, 0.2) is 39.5 Å². The summed E-state index contributed by atoms with van der Waals surface area (Å²) in [5.74, 6) is -0.0302. The summed E-state index contributed by atoms with van der Waals surface area (Å²) in [5, 5.41) is 10.0. The highest BCUT2D eigenvalue weighted by Gasteiger charge is 2.30. The van der Waals surface area contributed by atoms with Crippen LogP contribution in [0.3, 0.4) is 0 Å². The minimum atomic E-state index is -0.612. The molecule has 21 heavy (non-hydrogen) atoms. The lowest BCUT2D eigenvalue weighted by atomic mass is 9.82. The van der Waals surface area contributed by atoms with Gasteiger partial charge in [-0.2, -0.15) is 0 Å². The van der Waals surface area contributed by atoms with Gasteiger partial charge in [0.05, 0.1) is 6.10 Å². The zero-order valence-corrected chi connectivity index (χ0v) is 11.8. The fourth-order valence-corrected chi connectivity index (χ4v) is 2.74. The number of para-hydroxylation sites is 1. The number of rotatable bonds is 3. The maximum Gasteiger partial charge on any atom is 0.349 e. The van der Waals surface area contributed by atoms with Crippen LogP contribution in [-0.2, 0) is 0 Å². The Kier molecular flexibility index (Phi) is 3.51. The number of hydrogen-bond donors (Lipinski definition) is 1. The first-order valence-corrected chi connectivity index (χ1v) is 7.01. The molecule has 110 valence electrons. The van der Waals surface area contributed by atoms with Crippen LogP contribution >= 0.6 is 0 Å². The van der Waals surface area contributed by atoms with Crippen LogP contribution in [0.5, 0.6) is 0 Å². The number of carbonyl (C=O) groups excluding carboxylic acids is 1. The predicted octanol–water partition coefficient (Wildman–Crippen LogP) is 1.64. The number of hydrogen-bond acceptors (Lipinski definition) is 4. The van der Waals surface area contributed by atoms with Gasteiger partial charge in [0.2, 0.25) is 0 Å². The molecule has 0 bridgehead atoms. The molecule has 3 rings (SSSR count). The molecule has 0 atom stereocenters. The zero-order valence-electron chi connectivity index (χ0n) is 11.8. The average molecular weight is 287 g/mol. The third-order valence-corrected chi connectivity index (χ3v) is 3.96. The van der Waals surface area contributed by atoms with E-state index in [0.717, 1.165) is 5.39 Å².